The van der Waals surface area contributed by atoms with Gasteiger partial charge in [0, 0.05) is 0 Å². The van der Waals surface area contributed by atoms with Gasteiger partial charge in [0.05, 0.1) is 25.4 Å². The van der Waals surface area contributed by atoms with Gasteiger partial charge in [-0.1, -0.05) is 36.4 Å². The molecule has 1 fully saturated rings. The first-order valence-corrected chi connectivity index (χ1v) is 12.8. The summed E-state index contributed by atoms with van der Waals surface area (Å²) < 4.78 is 12.3. The fraction of sp³-hybridized carbons (Fsp3) is 0.586. The fourth-order valence-corrected chi connectivity index (χ4v) is 4.97. The Morgan fingerprint density at radius 3 is 1.94 bits per heavy atom. The lowest BCUT2D eigenvalue weighted by atomic mass is 9.75. The Morgan fingerprint density at radius 1 is 0.758 bits per heavy atom. The molecule has 1 saturated carbocycles. The van der Waals surface area contributed by atoms with Crippen LogP contribution >= 0.6 is 0 Å². The maximum Gasteiger partial charge on any atom is 0.125 e. The Labute approximate surface area is 200 Å². The minimum atomic E-state index is -0.273. The maximum atomic E-state index is 9.51. The first-order valence-electron chi connectivity index (χ1n) is 12.8. The molecular weight excluding hydrogens is 412 g/mol. The van der Waals surface area contributed by atoms with E-state index in [4.69, 9.17) is 9.47 Å². The van der Waals surface area contributed by atoms with Gasteiger partial charge in [0.2, 0.25) is 0 Å². The largest absolute Gasteiger partial charge is 0.493 e. The second-order valence-corrected chi connectivity index (χ2v) is 9.76. The summed E-state index contributed by atoms with van der Waals surface area (Å²) in [6, 6.07) is 15.0. The quantitative estimate of drug-likeness (QED) is 0.359. The van der Waals surface area contributed by atoms with Crippen molar-refractivity contribution in [3.63, 3.8) is 0 Å². The summed E-state index contributed by atoms with van der Waals surface area (Å²) >= 11 is 0. The zero-order valence-corrected chi connectivity index (χ0v) is 20.6. The predicted octanol–water partition coefficient (Wildman–Crippen LogP) is 6.52. The third-order valence-electron chi connectivity index (χ3n) is 6.80. The van der Waals surface area contributed by atoms with Crippen LogP contribution in [0.2, 0.25) is 0 Å². The lowest BCUT2D eigenvalue weighted by Crippen LogP contribution is -2.15. The van der Waals surface area contributed by atoms with Crippen molar-refractivity contribution < 1.29 is 19.7 Å². The average molecular weight is 455 g/mol. The minimum Gasteiger partial charge on any atom is -0.493 e. The first kappa shape index (κ1) is 25.6. The van der Waals surface area contributed by atoms with Crippen LogP contribution in [-0.2, 0) is 0 Å². The van der Waals surface area contributed by atoms with Crippen LogP contribution in [-0.4, -0.2) is 35.6 Å². The van der Waals surface area contributed by atoms with E-state index in [1.54, 1.807) is 0 Å². The van der Waals surface area contributed by atoms with E-state index in [1.165, 1.54) is 16.7 Å². The van der Waals surface area contributed by atoms with Crippen LogP contribution in [0.3, 0.4) is 0 Å². The fourth-order valence-electron chi connectivity index (χ4n) is 4.97. The maximum absolute atomic E-state index is 9.51. The van der Waals surface area contributed by atoms with Gasteiger partial charge in [-0.15, -0.1) is 0 Å². The van der Waals surface area contributed by atoms with Crippen molar-refractivity contribution in [2.75, 3.05) is 13.2 Å². The molecule has 2 aromatic carbocycles. The molecular formula is C29H42O4. The van der Waals surface area contributed by atoms with E-state index in [9.17, 15) is 10.2 Å². The average Bonchev–Trinajstić information content (AvgIpc) is 2.80. The van der Waals surface area contributed by atoms with Crippen LogP contribution in [0, 0.1) is 6.92 Å². The molecule has 0 amide bonds. The molecule has 33 heavy (non-hydrogen) atoms. The molecule has 0 heterocycles. The van der Waals surface area contributed by atoms with Gasteiger partial charge in [0.1, 0.15) is 11.5 Å². The van der Waals surface area contributed by atoms with E-state index in [0.29, 0.717) is 25.0 Å². The van der Waals surface area contributed by atoms with Gasteiger partial charge in [0.15, 0.2) is 0 Å². The molecule has 2 unspecified atom stereocenters. The second-order valence-electron chi connectivity index (χ2n) is 9.76. The van der Waals surface area contributed by atoms with Crippen LogP contribution in [0.1, 0.15) is 93.7 Å². The van der Waals surface area contributed by atoms with Crippen LogP contribution in [0.15, 0.2) is 42.5 Å². The lowest BCUT2D eigenvalue weighted by Gasteiger charge is -2.31. The molecule has 4 nitrogen and oxygen atoms in total. The summed E-state index contributed by atoms with van der Waals surface area (Å²) in [6.45, 7) is 7.08. The van der Waals surface area contributed by atoms with Crippen molar-refractivity contribution in [2.24, 2.45) is 0 Å². The summed E-state index contributed by atoms with van der Waals surface area (Å²) in [6.07, 6.45) is 7.32. The Bertz CT molecular complexity index is 837. The van der Waals surface area contributed by atoms with E-state index in [0.717, 1.165) is 62.9 Å². The number of benzene rings is 2. The monoisotopic (exact) mass is 454 g/mol. The molecule has 0 bridgehead atoms. The topological polar surface area (TPSA) is 58.9 Å². The van der Waals surface area contributed by atoms with E-state index in [1.807, 2.05) is 19.9 Å². The Hall–Kier alpha value is -2.04. The van der Waals surface area contributed by atoms with Crippen LogP contribution < -0.4 is 9.47 Å². The zero-order chi connectivity index (χ0) is 23.6. The molecule has 3 rings (SSSR count). The molecule has 2 N–H and O–H groups in total. The Kier molecular flexibility index (Phi) is 10.1. The van der Waals surface area contributed by atoms with E-state index in [-0.39, 0.29) is 12.2 Å². The third-order valence-corrected chi connectivity index (χ3v) is 6.80. The minimum absolute atomic E-state index is 0.271. The molecule has 0 spiro atoms. The third kappa shape index (κ3) is 7.75. The van der Waals surface area contributed by atoms with Crippen molar-refractivity contribution in [3.8, 4) is 11.5 Å². The number of hydrogen-bond donors (Lipinski definition) is 2. The molecule has 2 atom stereocenters. The van der Waals surface area contributed by atoms with Crippen LogP contribution in [0.4, 0.5) is 0 Å². The van der Waals surface area contributed by atoms with Crippen LogP contribution in [0.25, 0.3) is 0 Å². The highest BCUT2D eigenvalue weighted by Gasteiger charge is 2.27. The number of hydrogen-bond acceptors (Lipinski definition) is 4. The summed E-state index contributed by atoms with van der Waals surface area (Å²) in [7, 11) is 0. The molecule has 0 saturated heterocycles. The first-order chi connectivity index (χ1) is 16.0. The van der Waals surface area contributed by atoms with Crippen molar-refractivity contribution in [2.45, 2.75) is 96.2 Å². The molecule has 2 aromatic rings. The number of ether oxygens (including phenoxy) is 2. The molecule has 0 radical (unpaired) electrons. The highest BCUT2D eigenvalue weighted by atomic mass is 16.5. The van der Waals surface area contributed by atoms with Crippen molar-refractivity contribution in [3.05, 3.63) is 59.2 Å². The van der Waals surface area contributed by atoms with Gasteiger partial charge in [0.25, 0.3) is 0 Å². The van der Waals surface area contributed by atoms with Gasteiger partial charge in [-0.3, -0.25) is 0 Å². The zero-order valence-electron chi connectivity index (χ0n) is 20.6. The molecule has 0 aliphatic heterocycles. The summed E-state index contributed by atoms with van der Waals surface area (Å²) in [5.41, 5.74) is 3.86. The summed E-state index contributed by atoms with van der Waals surface area (Å²) in [5, 5.41) is 19.0. The normalized spacial score (nSPS) is 20.3. The molecule has 4 heteroatoms. The van der Waals surface area contributed by atoms with Gasteiger partial charge < -0.3 is 19.7 Å². The van der Waals surface area contributed by atoms with Gasteiger partial charge >= 0.3 is 0 Å². The number of aliphatic hydroxyl groups excluding tert-OH is 2. The van der Waals surface area contributed by atoms with Gasteiger partial charge in [-0.25, -0.2) is 0 Å². The van der Waals surface area contributed by atoms with E-state index in [2.05, 4.69) is 43.3 Å². The molecule has 182 valence electrons. The highest BCUT2D eigenvalue weighted by molar-refractivity contribution is 5.43. The standard InChI is InChI=1S/C29H42O4/c1-21-9-6-13-27(29(21)33-20-8-11-23(3)31)25-17-15-24(16-18-25)26-12-4-5-14-28(26)32-19-7-10-22(2)30/h4-6,9,12-14,22-25,30-31H,7-8,10-11,15-20H2,1-3H3. The van der Waals surface area contributed by atoms with Crippen molar-refractivity contribution in [1.29, 1.82) is 0 Å². The highest BCUT2D eigenvalue weighted by Crippen LogP contribution is 2.45. The van der Waals surface area contributed by atoms with Gasteiger partial charge in [-0.2, -0.15) is 0 Å². The number of aryl methyl sites for hydroxylation is 1. The number of aliphatic hydroxyl groups is 2. The smallest absolute Gasteiger partial charge is 0.125 e. The van der Waals surface area contributed by atoms with Gasteiger partial charge in [-0.05, 0) is 107 Å². The number of rotatable bonds is 12. The van der Waals surface area contributed by atoms with E-state index < -0.39 is 0 Å². The molecule has 1 aliphatic carbocycles. The molecule has 0 aromatic heterocycles. The lowest BCUT2D eigenvalue weighted by molar-refractivity contribution is 0.169. The summed E-state index contributed by atoms with van der Waals surface area (Å²) in [4.78, 5) is 0. The Balaban J connectivity index is 1.60. The SMILES string of the molecule is Cc1cccc(C2CCC(c3ccccc3OCCCC(C)O)CC2)c1OCCCC(C)O. The number of para-hydroxylation sites is 2. The van der Waals surface area contributed by atoms with Crippen molar-refractivity contribution in [1.82, 2.24) is 0 Å². The van der Waals surface area contributed by atoms with E-state index >= 15 is 0 Å². The Morgan fingerprint density at radius 2 is 1.30 bits per heavy atom. The second kappa shape index (κ2) is 13.0. The van der Waals surface area contributed by atoms with Crippen LogP contribution in [0.5, 0.6) is 11.5 Å². The molecule has 1 aliphatic rings. The van der Waals surface area contributed by atoms with Crippen molar-refractivity contribution >= 4 is 0 Å². The predicted molar refractivity (Wildman–Crippen MR) is 134 cm³/mol. The summed E-state index contributed by atoms with van der Waals surface area (Å²) in [5.74, 6) is 3.10.